The van der Waals surface area contributed by atoms with E-state index in [1.807, 2.05) is 43.9 Å². The predicted octanol–water partition coefficient (Wildman–Crippen LogP) is 3.06. The van der Waals surface area contributed by atoms with E-state index < -0.39 is 6.04 Å². The summed E-state index contributed by atoms with van der Waals surface area (Å²) in [7, 11) is 1.65. The molecule has 1 amide bonds. The van der Waals surface area contributed by atoms with Gasteiger partial charge in [-0.2, -0.15) is 4.98 Å². The zero-order valence-electron chi connectivity index (χ0n) is 18.9. The van der Waals surface area contributed by atoms with Crippen LogP contribution in [0.25, 0.3) is 0 Å². The second-order valence-corrected chi connectivity index (χ2v) is 8.01. The number of carbonyl (C=O) groups is 1. The monoisotopic (exact) mass is 432 g/mol. The fraction of sp³-hybridized carbons (Fsp3) is 0.333. The number of amides is 1. The Kier molecular flexibility index (Phi) is 5.94. The van der Waals surface area contributed by atoms with Crippen LogP contribution in [-0.4, -0.2) is 40.6 Å². The number of aryl methyl sites for hydroxylation is 1. The van der Waals surface area contributed by atoms with Crippen LogP contribution in [0.5, 0.6) is 5.75 Å². The lowest BCUT2D eigenvalue weighted by atomic mass is 10.1. The Hall–Kier alpha value is -3.68. The minimum atomic E-state index is -0.430. The molecule has 8 heteroatoms. The standard InChI is InChI=1S/C24H28N6O2/c1-15-12-26-19(16(2)21(15)32-4)14-30-17(3)23(31)29(11-10-18-8-6-5-7-9-18)20-13-27-24(25)28-22(20)30/h5-9,12-13,17H,10-11,14H2,1-4H3,(H2,25,27,28)/t17-/m1/s1. The van der Waals surface area contributed by atoms with Crippen molar-refractivity contribution in [1.82, 2.24) is 15.0 Å². The summed E-state index contributed by atoms with van der Waals surface area (Å²) < 4.78 is 5.55. The average molecular weight is 433 g/mol. The van der Waals surface area contributed by atoms with Crippen molar-refractivity contribution in [3.05, 3.63) is 65.1 Å². The smallest absolute Gasteiger partial charge is 0.249 e. The number of fused-ring (bicyclic) bond motifs is 1. The van der Waals surface area contributed by atoms with Gasteiger partial charge in [-0.25, -0.2) is 4.98 Å². The second-order valence-electron chi connectivity index (χ2n) is 8.01. The summed E-state index contributed by atoms with van der Waals surface area (Å²) in [6.07, 6.45) is 4.16. The third kappa shape index (κ3) is 3.95. The van der Waals surface area contributed by atoms with E-state index >= 15 is 0 Å². The summed E-state index contributed by atoms with van der Waals surface area (Å²) in [5.41, 5.74) is 10.5. The number of carbonyl (C=O) groups excluding carboxylic acids is 1. The van der Waals surface area contributed by atoms with Crippen molar-refractivity contribution < 1.29 is 9.53 Å². The first-order valence-corrected chi connectivity index (χ1v) is 10.6. The van der Waals surface area contributed by atoms with E-state index in [2.05, 4.69) is 27.1 Å². The Labute approximate surface area is 188 Å². The van der Waals surface area contributed by atoms with Gasteiger partial charge in [0.05, 0.1) is 25.5 Å². The highest BCUT2D eigenvalue weighted by atomic mass is 16.5. The molecule has 8 nitrogen and oxygen atoms in total. The lowest BCUT2D eigenvalue weighted by Gasteiger charge is -2.40. The lowest BCUT2D eigenvalue weighted by Crippen LogP contribution is -2.53. The first-order valence-electron chi connectivity index (χ1n) is 10.6. The number of nitrogens with two attached hydrogens (primary N) is 1. The van der Waals surface area contributed by atoms with Crippen LogP contribution in [0, 0.1) is 13.8 Å². The van der Waals surface area contributed by atoms with Gasteiger partial charge in [-0.05, 0) is 32.8 Å². The number of methoxy groups -OCH3 is 1. The lowest BCUT2D eigenvalue weighted by molar-refractivity contribution is -0.119. The number of hydrogen-bond donors (Lipinski definition) is 1. The van der Waals surface area contributed by atoms with Gasteiger partial charge in [0.1, 0.15) is 17.5 Å². The molecule has 4 rings (SSSR count). The fourth-order valence-electron chi connectivity index (χ4n) is 4.16. The van der Waals surface area contributed by atoms with E-state index in [1.54, 1.807) is 24.4 Å². The summed E-state index contributed by atoms with van der Waals surface area (Å²) in [4.78, 5) is 30.4. The molecule has 1 atom stereocenters. The van der Waals surface area contributed by atoms with Crippen LogP contribution in [0.4, 0.5) is 17.5 Å². The number of ether oxygens (including phenoxy) is 1. The minimum absolute atomic E-state index is 0.00136. The molecule has 166 valence electrons. The Morgan fingerprint density at radius 1 is 1.12 bits per heavy atom. The van der Waals surface area contributed by atoms with Gasteiger partial charge in [-0.3, -0.25) is 9.78 Å². The van der Waals surface area contributed by atoms with Crippen LogP contribution in [0.2, 0.25) is 0 Å². The Bertz CT molecular complexity index is 1130. The molecule has 3 aromatic rings. The number of hydrogen-bond acceptors (Lipinski definition) is 7. The van der Waals surface area contributed by atoms with Crippen LogP contribution in [0.3, 0.4) is 0 Å². The maximum Gasteiger partial charge on any atom is 0.249 e. The zero-order valence-corrected chi connectivity index (χ0v) is 18.9. The molecule has 0 spiro atoms. The largest absolute Gasteiger partial charge is 0.496 e. The van der Waals surface area contributed by atoms with E-state index in [0.29, 0.717) is 24.6 Å². The van der Waals surface area contributed by atoms with Gasteiger partial charge >= 0.3 is 0 Å². The highest BCUT2D eigenvalue weighted by Gasteiger charge is 2.37. The van der Waals surface area contributed by atoms with Crippen molar-refractivity contribution in [2.24, 2.45) is 0 Å². The van der Waals surface area contributed by atoms with Crippen LogP contribution in [0.15, 0.2) is 42.7 Å². The molecular formula is C24H28N6O2. The Balaban J connectivity index is 1.68. The molecular weight excluding hydrogens is 404 g/mol. The van der Waals surface area contributed by atoms with Crippen molar-refractivity contribution in [2.45, 2.75) is 39.8 Å². The number of nitrogen functional groups attached to an aromatic ring is 1. The van der Waals surface area contributed by atoms with Crippen molar-refractivity contribution in [2.75, 3.05) is 29.2 Å². The van der Waals surface area contributed by atoms with Gasteiger partial charge in [0, 0.05) is 23.9 Å². The van der Waals surface area contributed by atoms with Gasteiger partial charge in [0.25, 0.3) is 0 Å². The second kappa shape index (κ2) is 8.82. The van der Waals surface area contributed by atoms with Crippen LogP contribution >= 0.6 is 0 Å². The van der Waals surface area contributed by atoms with Crippen LogP contribution in [0.1, 0.15) is 29.3 Å². The summed E-state index contributed by atoms with van der Waals surface area (Å²) in [5, 5.41) is 0. The van der Waals surface area contributed by atoms with Crippen LogP contribution < -0.4 is 20.3 Å². The first kappa shape index (κ1) is 21.5. The van der Waals surface area contributed by atoms with E-state index in [0.717, 1.165) is 29.0 Å². The fourth-order valence-corrected chi connectivity index (χ4v) is 4.16. The molecule has 1 aromatic carbocycles. The van der Waals surface area contributed by atoms with Gasteiger partial charge in [-0.1, -0.05) is 30.3 Å². The highest BCUT2D eigenvalue weighted by molar-refractivity contribution is 6.04. The number of rotatable bonds is 6. The number of aromatic nitrogens is 3. The first-order chi connectivity index (χ1) is 15.4. The van der Waals surface area contributed by atoms with Crippen molar-refractivity contribution in [3.63, 3.8) is 0 Å². The van der Waals surface area contributed by atoms with E-state index in [4.69, 9.17) is 10.5 Å². The molecule has 1 aliphatic rings. The molecule has 0 fully saturated rings. The molecule has 0 saturated heterocycles. The van der Waals surface area contributed by atoms with Gasteiger partial charge < -0.3 is 20.3 Å². The third-order valence-electron chi connectivity index (χ3n) is 5.96. The molecule has 2 aromatic heterocycles. The topological polar surface area (TPSA) is 97.5 Å². The van der Waals surface area contributed by atoms with Gasteiger partial charge in [0.2, 0.25) is 11.9 Å². The summed E-state index contributed by atoms with van der Waals surface area (Å²) in [6, 6.07) is 9.67. The van der Waals surface area contributed by atoms with Gasteiger partial charge in [0.15, 0.2) is 5.82 Å². The molecule has 0 unspecified atom stereocenters. The number of nitrogens with zero attached hydrogens (tertiary/aromatic N) is 5. The summed E-state index contributed by atoms with van der Waals surface area (Å²) in [5.74, 6) is 1.61. The van der Waals surface area contributed by atoms with Crippen molar-refractivity contribution in [3.8, 4) is 5.75 Å². The molecule has 2 N–H and O–H groups in total. The maximum absolute atomic E-state index is 13.4. The zero-order chi connectivity index (χ0) is 22.8. The SMILES string of the molecule is COc1c(C)cnc(CN2c3nc(N)ncc3N(CCc3ccccc3)C(=O)[C@H]2C)c1C. The van der Waals surface area contributed by atoms with Crippen molar-refractivity contribution in [1.29, 1.82) is 0 Å². The maximum atomic E-state index is 13.4. The number of benzene rings is 1. The van der Waals surface area contributed by atoms with Crippen LogP contribution in [-0.2, 0) is 17.8 Å². The molecule has 0 bridgehead atoms. The Morgan fingerprint density at radius 2 is 1.88 bits per heavy atom. The summed E-state index contributed by atoms with van der Waals surface area (Å²) >= 11 is 0. The molecule has 1 aliphatic heterocycles. The van der Waals surface area contributed by atoms with Gasteiger partial charge in [-0.15, -0.1) is 0 Å². The highest BCUT2D eigenvalue weighted by Crippen LogP contribution is 2.36. The molecule has 32 heavy (non-hydrogen) atoms. The van der Waals surface area contributed by atoms with E-state index in [9.17, 15) is 4.79 Å². The molecule has 0 aliphatic carbocycles. The minimum Gasteiger partial charge on any atom is -0.496 e. The van der Waals surface area contributed by atoms with E-state index in [1.165, 1.54) is 5.56 Å². The Morgan fingerprint density at radius 3 is 2.59 bits per heavy atom. The average Bonchev–Trinajstić information content (AvgIpc) is 2.79. The quantitative estimate of drug-likeness (QED) is 0.639. The number of anilines is 3. The predicted molar refractivity (Wildman–Crippen MR) is 125 cm³/mol. The normalized spacial score (nSPS) is 15.6. The van der Waals surface area contributed by atoms with Crippen molar-refractivity contribution >= 4 is 23.4 Å². The molecule has 0 saturated carbocycles. The summed E-state index contributed by atoms with van der Waals surface area (Å²) in [6.45, 7) is 6.78. The third-order valence-corrected chi connectivity index (χ3v) is 5.96. The molecule has 0 radical (unpaired) electrons. The van der Waals surface area contributed by atoms with E-state index in [-0.39, 0.29) is 11.9 Å². The molecule has 3 heterocycles. The number of pyridine rings is 1.